The van der Waals surface area contributed by atoms with Gasteiger partial charge in [-0.15, -0.1) is 0 Å². The second kappa shape index (κ2) is 29.7. The van der Waals surface area contributed by atoms with E-state index < -0.39 is 10.3 Å². The molecule has 0 fully saturated rings. The third-order valence-corrected chi connectivity index (χ3v) is 0. The van der Waals surface area contributed by atoms with Crippen LogP contribution >= 0.6 is 0 Å². The van der Waals surface area contributed by atoms with E-state index in [9.17, 15) is 0 Å². The average molecular weight is 266 g/mol. The van der Waals surface area contributed by atoms with Gasteiger partial charge >= 0.3 is 0 Å². The minimum Gasteiger partial charge on any atom is -0.540 e. The van der Waals surface area contributed by atoms with Crippen molar-refractivity contribution in [3.63, 3.8) is 0 Å². The van der Waals surface area contributed by atoms with Crippen LogP contribution in [-0.2, 0) is 34.6 Å². The molecule has 0 heterocycles. The van der Waals surface area contributed by atoms with E-state index in [0.717, 1.165) is 0 Å². The first-order valence-corrected chi connectivity index (χ1v) is 4.07. The van der Waals surface area contributed by atoms with E-state index in [1.165, 1.54) is 0 Å². The smallest absolute Gasteiger partial charge is 0.290 e. The van der Waals surface area contributed by atoms with Gasteiger partial charge in [0.1, 0.15) is 0 Å². The van der Waals surface area contributed by atoms with Crippen LogP contribution in [0.4, 0.5) is 0 Å². The Kier molecular flexibility index (Phi) is 66.7. The van der Waals surface area contributed by atoms with Crippen LogP contribution in [0.1, 0.15) is 13.8 Å². The zero-order chi connectivity index (χ0) is 11.2. The van der Waals surface area contributed by atoms with Crippen LogP contribution in [0, 0.1) is 13.8 Å². The molecular weight excluding hydrogens is 252 g/mol. The summed E-state index contributed by atoms with van der Waals surface area (Å²) in [7, 11) is -4.42. The molecule has 0 aromatic carbocycles. The zero-order valence-corrected chi connectivity index (χ0v) is 11.5. The molecule has 0 aliphatic carbocycles. The van der Waals surface area contributed by atoms with Gasteiger partial charge in [0.25, 0.3) is 6.47 Å². The summed E-state index contributed by atoms with van der Waals surface area (Å²) < 4.78 is 24.9. The van der Waals surface area contributed by atoms with Gasteiger partial charge in [-0.3, -0.25) is 9.35 Å². The molecule has 0 aromatic rings. The quantitative estimate of drug-likeness (QED) is 0.296. The fraction of sp³-hybridized carbons (Fsp3) is 0.400. The van der Waals surface area contributed by atoms with E-state index in [1.807, 2.05) is 0 Å². The zero-order valence-electron chi connectivity index (χ0n) is 7.73. The van der Waals surface area contributed by atoms with Crippen LogP contribution < -0.4 is 0 Å². The molecule has 6 nitrogen and oxygen atoms in total. The molecule has 0 unspecified atom stereocenters. The van der Waals surface area contributed by atoms with Gasteiger partial charge < -0.3 is 24.1 Å². The second-order valence-corrected chi connectivity index (χ2v) is 1.53. The van der Waals surface area contributed by atoms with Crippen LogP contribution in [0.5, 0.6) is 0 Å². The van der Waals surface area contributed by atoms with Crippen molar-refractivity contribution in [2.75, 3.05) is 0 Å². The number of hydrogen-bond donors (Lipinski definition) is 2. The molecule has 0 saturated carbocycles. The maximum atomic E-state index is 8.85. The fourth-order valence-corrected chi connectivity index (χ4v) is 0. The number of carbonyl (C=O) groups is 1. The molecule has 3 N–H and O–H groups in total. The Labute approximate surface area is 92.2 Å². The number of carboxylic acid groups (broad SMARTS) is 1. The summed E-state index contributed by atoms with van der Waals surface area (Å²) in [6.45, 7) is 9.75. The molecule has 0 atom stereocenters. The second-order valence-electron chi connectivity index (χ2n) is 0.580. The molecule has 8 heteroatoms. The van der Waals surface area contributed by atoms with Gasteiger partial charge in [0, 0.05) is 19.5 Å². The maximum Gasteiger partial charge on any atom is 0.290 e. The van der Waals surface area contributed by atoms with Crippen LogP contribution in [0.15, 0.2) is 0 Å². The molecule has 0 amide bonds. The normalized spacial score (nSPS) is 6.31. The van der Waals surface area contributed by atoms with Crippen LogP contribution in [-0.4, -0.2) is 24.5 Å². The first-order valence-electron chi connectivity index (χ1n) is 2.63. The van der Waals surface area contributed by atoms with Crippen molar-refractivity contribution in [2.45, 2.75) is 13.8 Å². The average Bonchev–Trinajstić information content (AvgIpc) is 1.93. The summed E-state index contributed by atoms with van der Waals surface area (Å²) in [6, 6.07) is 0. The molecule has 80 valence electrons. The summed E-state index contributed by atoms with van der Waals surface area (Å²) >= 11 is 0. The van der Waals surface area contributed by atoms with Crippen molar-refractivity contribution in [3.8, 4) is 0 Å². The first-order chi connectivity index (χ1) is 5.41. The van der Waals surface area contributed by atoms with Gasteiger partial charge in [-0.2, -0.15) is 13.8 Å². The Morgan fingerprint density at radius 3 is 1.23 bits per heavy atom. The summed E-state index contributed by atoms with van der Waals surface area (Å²) in [4.78, 5) is 8.36. The number of nitrogens with one attached hydrogen (secondary N) is 1. The molecule has 0 spiro atoms. The fourth-order valence-electron chi connectivity index (χ4n) is 0. The van der Waals surface area contributed by atoms with E-state index in [-0.39, 0.29) is 26.0 Å². The van der Waals surface area contributed by atoms with Crippen molar-refractivity contribution in [2.24, 2.45) is 0 Å². The topological polar surface area (TPSA) is 115 Å². The first kappa shape index (κ1) is 29.3. The molecule has 0 radical (unpaired) electrons. The van der Waals surface area contributed by atoms with Gasteiger partial charge in [0.15, 0.2) is 10.3 Å². The minimum absolute atomic E-state index is 0. The molecule has 0 rings (SSSR count). The van der Waals surface area contributed by atoms with E-state index in [0.29, 0.717) is 0 Å². The van der Waals surface area contributed by atoms with Crippen molar-refractivity contribution in [3.05, 3.63) is 19.0 Å². The largest absolute Gasteiger partial charge is 0.540 e. The standard InChI is InChI=1S/2C2H5.CH2O2.H2NO3S.Zn/c2*1-2;2-1-3;1-5(2,3)4;/h2*1H2,2H3;1H,(H,2,3);(H2-,1,2,3,4);/q2*-1;;-1;. The van der Waals surface area contributed by atoms with Crippen LogP contribution in [0.2, 0.25) is 0 Å². The van der Waals surface area contributed by atoms with Gasteiger partial charge in [0.05, 0.1) is 0 Å². The Balaban J connectivity index is -0.0000000235. The summed E-state index contributed by atoms with van der Waals surface area (Å²) in [6.07, 6.45) is 0. The van der Waals surface area contributed by atoms with E-state index in [4.69, 9.17) is 28.0 Å². The summed E-state index contributed by atoms with van der Waals surface area (Å²) in [5.74, 6) is 0. The predicted molar refractivity (Wildman–Crippen MR) is 46.6 cm³/mol. The Bertz CT molecular complexity index is 139. The molecule has 0 bridgehead atoms. The van der Waals surface area contributed by atoms with Crippen molar-refractivity contribution in [1.82, 2.24) is 0 Å². The Morgan fingerprint density at radius 1 is 1.23 bits per heavy atom. The van der Waals surface area contributed by atoms with Crippen molar-refractivity contribution < 1.29 is 42.3 Å². The van der Waals surface area contributed by atoms with Crippen molar-refractivity contribution in [1.29, 1.82) is 0 Å². The third kappa shape index (κ3) is 885000. The predicted octanol–water partition coefficient (Wildman–Crippen LogP) is 1.22. The van der Waals surface area contributed by atoms with E-state index >= 15 is 0 Å². The molecule has 0 saturated heterocycles. The van der Waals surface area contributed by atoms with Gasteiger partial charge in [0.2, 0.25) is 0 Å². The Hall–Kier alpha value is -0.0366. The van der Waals surface area contributed by atoms with Gasteiger partial charge in [-0.1, -0.05) is 0 Å². The summed E-state index contributed by atoms with van der Waals surface area (Å²) in [5.41, 5.74) is 0. The van der Waals surface area contributed by atoms with Crippen LogP contribution in [0.25, 0.3) is 5.14 Å². The maximum absolute atomic E-state index is 8.85. The van der Waals surface area contributed by atoms with Gasteiger partial charge in [-0.25, -0.2) is 8.42 Å². The van der Waals surface area contributed by atoms with E-state index in [1.54, 1.807) is 13.8 Å². The molecule has 0 aliphatic rings. The monoisotopic (exact) mass is 264 g/mol. The third-order valence-electron chi connectivity index (χ3n) is 0. The van der Waals surface area contributed by atoms with Crippen LogP contribution in [0.3, 0.4) is 0 Å². The minimum atomic E-state index is -4.42. The number of hydrogen-bond acceptors (Lipinski definition) is 3. The molecular formula is C5H14NO5SZn-3. The molecule has 13 heavy (non-hydrogen) atoms. The Morgan fingerprint density at radius 2 is 1.23 bits per heavy atom. The molecule has 0 aromatic heterocycles. The SMILES string of the molecule is O=CO.[CH2-]C.[CH2-]C.[NH-]S(=O)(=O)O.[Zn]. The molecule has 0 aliphatic heterocycles. The van der Waals surface area contributed by atoms with Crippen molar-refractivity contribution >= 4 is 16.8 Å². The van der Waals surface area contributed by atoms with Gasteiger partial charge in [-0.05, 0) is 0 Å². The summed E-state index contributed by atoms with van der Waals surface area (Å²) in [5, 5.41) is 12.4. The number of rotatable bonds is 0. The van der Waals surface area contributed by atoms with E-state index in [2.05, 4.69) is 13.8 Å².